The van der Waals surface area contributed by atoms with Gasteiger partial charge in [-0.3, -0.25) is 9.59 Å². The summed E-state index contributed by atoms with van der Waals surface area (Å²) in [4.78, 5) is 26.2. The van der Waals surface area contributed by atoms with Gasteiger partial charge in [0.25, 0.3) is 5.91 Å². The Kier molecular flexibility index (Phi) is 4.84. The lowest BCUT2D eigenvalue weighted by atomic mass is 10.1. The number of rotatable bonds is 5. The monoisotopic (exact) mass is 364 g/mol. The Balaban J connectivity index is 1.40. The molecule has 0 radical (unpaired) electrons. The van der Waals surface area contributed by atoms with E-state index in [1.54, 1.807) is 11.8 Å². The summed E-state index contributed by atoms with van der Waals surface area (Å²) in [6.07, 6.45) is 4.21. The smallest absolute Gasteiger partial charge is 0.265 e. The van der Waals surface area contributed by atoms with Gasteiger partial charge in [-0.2, -0.15) is 0 Å². The molecule has 4 rings (SSSR count). The fourth-order valence-electron chi connectivity index (χ4n) is 3.80. The number of benzene rings is 2. The fraction of sp³-hybridized carbons (Fsp3) is 0.364. The van der Waals surface area contributed by atoms with E-state index in [4.69, 9.17) is 4.74 Å². The molecule has 0 spiro atoms. The number of aryl methyl sites for hydroxylation is 2. The second-order valence-electron chi connectivity index (χ2n) is 7.23. The van der Waals surface area contributed by atoms with E-state index in [1.807, 2.05) is 30.3 Å². The number of hydrogen-bond donors (Lipinski definition) is 1. The number of anilines is 2. The van der Waals surface area contributed by atoms with E-state index in [2.05, 4.69) is 17.4 Å². The van der Waals surface area contributed by atoms with Gasteiger partial charge in [-0.25, -0.2) is 0 Å². The van der Waals surface area contributed by atoms with Crippen molar-refractivity contribution in [3.63, 3.8) is 0 Å². The van der Waals surface area contributed by atoms with Crippen molar-refractivity contribution in [1.82, 2.24) is 0 Å². The SMILES string of the molecule is C[C@H](Oc1cccc(N2CCCC2=O)c1)C(=O)Nc1ccc2c(c1)CCC2. The first-order chi connectivity index (χ1) is 13.1. The average Bonchev–Trinajstić information content (AvgIpc) is 3.30. The van der Waals surface area contributed by atoms with E-state index in [0.29, 0.717) is 12.2 Å². The third-order valence-corrected chi connectivity index (χ3v) is 5.25. The lowest BCUT2D eigenvalue weighted by Gasteiger charge is -2.19. The zero-order valence-corrected chi connectivity index (χ0v) is 15.5. The van der Waals surface area contributed by atoms with Crippen LogP contribution in [0.3, 0.4) is 0 Å². The Bertz CT molecular complexity index is 878. The highest BCUT2D eigenvalue weighted by molar-refractivity contribution is 5.96. The molecule has 1 atom stereocenters. The maximum absolute atomic E-state index is 12.5. The minimum atomic E-state index is -0.636. The number of fused-ring (bicyclic) bond motifs is 1. The zero-order chi connectivity index (χ0) is 18.8. The second-order valence-corrected chi connectivity index (χ2v) is 7.23. The summed E-state index contributed by atoms with van der Waals surface area (Å²) in [6.45, 7) is 2.47. The lowest BCUT2D eigenvalue weighted by molar-refractivity contribution is -0.122. The summed E-state index contributed by atoms with van der Waals surface area (Å²) in [5.74, 6) is 0.536. The van der Waals surface area contributed by atoms with Crippen molar-refractivity contribution < 1.29 is 14.3 Å². The zero-order valence-electron chi connectivity index (χ0n) is 15.5. The van der Waals surface area contributed by atoms with Crippen LogP contribution in [-0.2, 0) is 22.4 Å². The van der Waals surface area contributed by atoms with E-state index in [1.165, 1.54) is 17.5 Å². The molecule has 2 aromatic rings. The van der Waals surface area contributed by atoms with Crippen LogP contribution in [0.1, 0.15) is 37.3 Å². The van der Waals surface area contributed by atoms with Crippen molar-refractivity contribution in [2.75, 3.05) is 16.8 Å². The number of nitrogens with zero attached hydrogens (tertiary/aromatic N) is 1. The predicted octanol–water partition coefficient (Wildman–Crippen LogP) is 3.71. The standard InChI is InChI=1S/C22H24N2O3/c1-15(22(26)23-18-11-10-16-5-2-6-17(16)13-18)27-20-8-3-7-19(14-20)24-12-4-9-21(24)25/h3,7-8,10-11,13-15H,2,4-6,9,12H2,1H3,(H,23,26)/t15-/m0/s1. The van der Waals surface area contributed by atoms with Gasteiger partial charge in [-0.05, 0) is 68.0 Å². The molecule has 27 heavy (non-hydrogen) atoms. The van der Waals surface area contributed by atoms with Crippen molar-refractivity contribution in [3.05, 3.63) is 53.6 Å². The topological polar surface area (TPSA) is 58.6 Å². The Labute approximate surface area is 159 Å². The highest BCUT2D eigenvalue weighted by Crippen LogP contribution is 2.27. The van der Waals surface area contributed by atoms with E-state index in [-0.39, 0.29) is 11.8 Å². The van der Waals surface area contributed by atoms with Crippen LogP contribution >= 0.6 is 0 Å². The molecular formula is C22H24N2O3. The maximum atomic E-state index is 12.5. The van der Waals surface area contributed by atoms with E-state index in [9.17, 15) is 9.59 Å². The van der Waals surface area contributed by atoms with E-state index >= 15 is 0 Å². The van der Waals surface area contributed by atoms with Crippen LogP contribution in [0, 0.1) is 0 Å². The van der Waals surface area contributed by atoms with Crippen molar-refractivity contribution in [2.24, 2.45) is 0 Å². The molecule has 5 nitrogen and oxygen atoms in total. The van der Waals surface area contributed by atoms with E-state index in [0.717, 1.165) is 37.2 Å². The second kappa shape index (κ2) is 7.43. The van der Waals surface area contributed by atoms with Gasteiger partial charge in [0.1, 0.15) is 5.75 Å². The minimum Gasteiger partial charge on any atom is -0.481 e. The molecule has 1 aliphatic heterocycles. The Morgan fingerprint density at radius 2 is 1.93 bits per heavy atom. The Hall–Kier alpha value is -2.82. The van der Waals surface area contributed by atoms with Crippen LogP contribution in [0.2, 0.25) is 0 Å². The van der Waals surface area contributed by atoms with Gasteiger partial charge in [0.2, 0.25) is 5.91 Å². The summed E-state index contributed by atoms with van der Waals surface area (Å²) in [5, 5.41) is 2.94. The molecule has 1 aliphatic carbocycles. The number of nitrogens with one attached hydrogen (secondary N) is 1. The van der Waals surface area contributed by atoms with Crippen LogP contribution < -0.4 is 15.0 Å². The molecule has 0 saturated carbocycles. The Morgan fingerprint density at radius 1 is 1.07 bits per heavy atom. The fourth-order valence-corrected chi connectivity index (χ4v) is 3.80. The summed E-state index contributed by atoms with van der Waals surface area (Å²) < 4.78 is 5.83. The quantitative estimate of drug-likeness (QED) is 0.880. The normalized spacial score (nSPS) is 16.9. The van der Waals surface area contributed by atoms with Crippen molar-refractivity contribution in [1.29, 1.82) is 0 Å². The first kappa shape index (κ1) is 17.6. The molecule has 2 aromatic carbocycles. The minimum absolute atomic E-state index is 0.134. The van der Waals surface area contributed by atoms with Gasteiger partial charge in [-0.15, -0.1) is 0 Å². The molecule has 140 valence electrons. The van der Waals surface area contributed by atoms with Gasteiger partial charge in [-0.1, -0.05) is 12.1 Å². The van der Waals surface area contributed by atoms with Crippen LogP contribution in [0.4, 0.5) is 11.4 Å². The van der Waals surface area contributed by atoms with Crippen LogP contribution in [0.5, 0.6) is 5.75 Å². The van der Waals surface area contributed by atoms with Crippen LogP contribution in [0.25, 0.3) is 0 Å². The first-order valence-corrected chi connectivity index (χ1v) is 9.60. The lowest BCUT2D eigenvalue weighted by Crippen LogP contribution is -2.30. The summed E-state index contributed by atoms with van der Waals surface area (Å²) in [6, 6.07) is 13.5. The molecular weight excluding hydrogens is 340 g/mol. The van der Waals surface area contributed by atoms with Gasteiger partial charge in [0.05, 0.1) is 0 Å². The number of carbonyl (C=O) groups is 2. The molecule has 2 aliphatic rings. The molecule has 1 fully saturated rings. The van der Waals surface area contributed by atoms with Crippen LogP contribution in [-0.4, -0.2) is 24.5 Å². The number of carbonyl (C=O) groups excluding carboxylic acids is 2. The summed E-state index contributed by atoms with van der Waals surface area (Å²) >= 11 is 0. The predicted molar refractivity (Wildman–Crippen MR) is 105 cm³/mol. The Morgan fingerprint density at radius 3 is 2.74 bits per heavy atom. The first-order valence-electron chi connectivity index (χ1n) is 9.60. The molecule has 1 saturated heterocycles. The average molecular weight is 364 g/mol. The van der Waals surface area contributed by atoms with Gasteiger partial charge in [0, 0.05) is 30.4 Å². The largest absolute Gasteiger partial charge is 0.481 e. The number of amides is 2. The van der Waals surface area contributed by atoms with Gasteiger partial charge < -0.3 is 15.0 Å². The number of hydrogen-bond acceptors (Lipinski definition) is 3. The molecule has 1 N–H and O–H groups in total. The van der Waals surface area contributed by atoms with E-state index < -0.39 is 6.10 Å². The molecule has 5 heteroatoms. The van der Waals surface area contributed by atoms with Crippen LogP contribution in [0.15, 0.2) is 42.5 Å². The maximum Gasteiger partial charge on any atom is 0.265 e. The van der Waals surface area contributed by atoms with Crippen molar-refractivity contribution >= 4 is 23.2 Å². The third-order valence-electron chi connectivity index (χ3n) is 5.25. The third kappa shape index (κ3) is 3.82. The summed E-state index contributed by atoms with van der Waals surface area (Å²) in [5.41, 5.74) is 4.34. The molecule has 2 amide bonds. The molecule has 0 bridgehead atoms. The van der Waals surface area contributed by atoms with Crippen molar-refractivity contribution in [3.8, 4) is 5.75 Å². The van der Waals surface area contributed by atoms with Gasteiger partial charge >= 0.3 is 0 Å². The summed E-state index contributed by atoms with van der Waals surface area (Å²) in [7, 11) is 0. The number of ether oxygens (including phenoxy) is 1. The highest BCUT2D eigenvalue weighted by Gasteiger charge is 2.22. The van der Waals surface area contributed by atoms with Crippen molar-refractivity contribution in [2.45, 2.75) is 45.1 Å². The van der Waals surface area contributed by atoms with Gasteiger partial charge in [0.15, 0.2) is 6.10 Å². The highest BCUT2D eigenvalue weighted by atomic mass is 16.5. The molecule has 1 heterocycles. The molecule has 0 aromatic heterocycles. The molecule has 0 unspecified atom stereocenters.